The topological polar surface area (TPSA) is 115 Å². The van der Waals surface area contributed by atoms with E-state index >= 15 is 0 Å². The molecule has 8 nitrogen and oxygen atoms in total. The molecule has 9 heteroatoms. The Hall–Kier alpha value is -3.98. The molecule has 2 unspecified atom stereocenters. The summed E-state index contributed by atoms with van der Waals surface area (Å²) in [5.74, 6) is -0.204. The van der Waals surface area contributed by atoms with Crippen molar-refractivity contribution in [1.82, 2.24) is 19.9 Å². The van der Waals surface area contributed by atoms with Crippen LogP contribution in [0.2, 0.25) is 0 Å². The smallest absolute Gasteiger partial charge is 0.255 e. The summed E-state index contributed by atoms with van der Waals surface area (Å²) in [6, 6.07) is 11.8. The van der Waals surface area contributed by atoms with Crippen molar-refractivity contribution in [2.75, 3.05) is 12.8 Å². The van der Waals surface area contributed by atoms with Crippen molar-refractivity contribution in [2.24, 2.45) is 0 Å². The number of carbonyl (C=O) groups is 1. The van der Waals surface area contributed by atoms with Crippen molar-refractivity contribution < 1.29 is 19.0 Å². The van der Waals surface area contributed by atoms with Gasteiger partial charge >= 0.3 is 0 Å². The highest BCUT2D eigenvalue weighted by Gasteiger charge is 2.25. The second kappa shape index (κ2) is 9.94. The minimum atomic E-state index is -0.504. The number of fused-ring (bicyclic) bond motifs is 1. The third-order valence-electron chi connectivity index (χ3n) is 6.78. The van der Waals surface area contributed by atoms with E-state index in [1.165, 1.54) is 25.6 Å². The Morgan fingerprint density at radius 2 is 2.03 bits per heavy atom. The molecule has 2 aromatic heterocycles. The minimum Gasteiger partial charge on any atom is -0.496 e. The molecule has 0 saturated heterocycles. The van der Waals surface area contributed by atoms with Crippen LogP contribution in [0.4, 0.5) is 10.2 Å². The normalized spacial score (nSPS) is 17.8. The number of anilines is 1. The first-order valence-corrected chi connectivity index (χ1v) is 11.9. The highest BCUT2D eigenvalue weighted by molar-refractivity contribution is 6.00. The fourth-order valence-electron chi connectivity index (χ4n) is 4.93. The monoisotopic (exact) mass is 489 g/mol. The fraction of sp³-hybridized carbons (Fsp3) is 0.296. The van der Waals surface area contributed by atoms with Gasteiger partial charge in [0.2, 0.25) is 0 Å². The van der Waals surface area contributed by atoms with E-state index in [1.807, 2.05) is 30.5 Å². The maximum absolute atomic E-state index is 13.6. The van der Waals surface area contributed by atoms with E-state index in [-0.39, 0.29) is 24.3 Å². The molecule has 2 aromatic carbocycles. The number of aromatic nitrogens is 3. The van der Waals surface area contributed by atoms with Gasteiger partial charge in [-0.3, -0.25) is 4.79 Å². The predicted octanol–water partition coefficient (Wildman–Crippen LogP) is 4.23. The third kappa shape index (κ3) is 4.61. The highest BCUT2D eigenvalue weighted by atomic mass is 19.1. The summed E-state index contributed by atoms with van der Waals surface area (Å²) >= 11 is 0. The van der Waals surface area contributed by atoms with Gasteiger partial charge in [0.15, 0.2) is 0 Å². The first-order chi connectivity index (χ1) is 17.4. The second-order valence-corrected chi connectivity index (χ2v) is 9.11. The zero-order chi connectivity index (χ0) is 25.2. The molecule has 2 heterocycles. The number of halogens is 1. The van der Waals surface area contributed by atoms with E-state index < -0.39 is 11.7 Å². The van der Waals surface area contributed by atoms with Crippen molar-refractivity contribution in [3.8, 4) is 16.9 Å². The molecule has 1 aliphatic rings. The lowest BCUT2D eigenvalue weighted by Gasteiger charge is -2.27. The molecular weight excluding hydrogens is 461 g/mol. The van der Waals surface area contributed by atoms with Crippen LogP contribution in [0, 0.1) is 5.82 Å². The molecule has 4 aromatic rings. The molecule has 1 aliphatic carbocycles. The van der Waals surface area contributed by atoms with E-state index in [9.17, 15) is 14.3 Å². The van der Waals surface area contributed by atoms with Gasteiger partial charge in [-0.1, -0.05) is 24.3 Å². The van der Waals surface area contributed by atoms with Crippen LogP contribution < -0.4 is 15.8 Å². The standard InChI is InChI=1S/C27H28FN5O3/c1-36-23-10-9-18(28)11-21(23)27(35)30-13-16-5-7-17(8-6-16)22-14-33(19-3-2-4-20(34)12-19)26-24(22)25(29)31-15-32-26/h5-11,14-15,19-20,34H,2-4,12-13H2,1H3,(H,30,35)(H2,29,31,32). The van der Waals surface area contributed by atoms with Gasteiger partial charge in [0.05, 0.1) is 24.2 Å². The number of nitrogens with two attached hydrogens (primary N) is 1. The van der Waals surface area contributed by atoms with Gasteiger partial charge < -0.3 is 25.5 Å². The number of hydrogen-bond donors (Lipinski definition) is 3. The first-order valence-electron chi connectivity index (χ1n) is 11.9. The summed E-state index contributed by atoms with van der Waals surface area (Å²) in [5, 5.41) is 13.8. The van der Waals surface area contributed by atoms with E-state index in [4.69, 9.17) is 10.5 Å². The van der Waals surface area contributed by atoms with Crippen LogP contribution in [0.15, 0.2) is 55.0 Å². The van der Waals surface area contributed by atoms with Crippen molar-refractivity contribution >= 4 is 22.8 Å². The number of carbonyl (C=O) groups excluding carboxylic acids is 1. The van der Waals surface area contributed by atoms with E-state index in [1.54, 1.807) is 0 Å². The number of hydrogen-bond acceptors (Lipinski definition) is 6. The molecule has 186 valence electrons. The van der Waals surface area contributed by atoms with E-state index in [0.29, 0.717) is 18.0 Å². The molecule has 0 spiro atoms. The number of nitrogens with zero attached hydrogens (tertiary/aromatic N) is 3. The summed E-state index contributed by atoms with van der Waals surface area (Å²) in [5.41, 5.74) is 9.91. The van der Waals surface area contributed by atoms with Crippen LogP contribution in [-0.4, -0.2) is 38.8 Å². The molecule has 36 heavy (non-hydrogen) atoms. The van der Waals surface area contributed by atoms with Crippen LogP contribution in [-0.2, 0) is 6.54 Å². The number of aliphatic hydroxyl groups excluding tert-OH is 1. The van der Waals surface area contributed by atoms with Crippen LogP contribution in [0.1, 0.15) is 47.6 Å². The largest absolute Gasteiger partial charge is 0.496 e. The fourth-order valence-corrected chi connectivity index (χ4v) is 4.93. The molecule has 0 aliphatic heterocycles. The molecule has 4 N–H and O–H groups in total. The highest BCUT2D eigenvalue weighted by Crippen LogP contribution is 2.38. The minimum absolute atomic E-state index is 0.144. The lowest BCUT2D eigenvalue weighted by atomic mass is 9.93. The Morgan fingerprint density at radius 3 is 2.78 bits per heavy atom. The van der Waals surface area contributed by atoms with Crippen molar-refractivity contribution in [2.45, 2.75) is 44.4 Å². The van der Waals surface area contributed by atoms with Crippen LogP contribution in [0.5, 0.6) is 5.75 Å². The van der Waals surface area contributed by atoms with Gasteiger partial charge in [-0.15, -0.1) is 0 Å². The number of ether oxygens (including phenoxy) is 1. The SMILES string of the molecule is COc1ccc(F)cc1C(=O)NCc1ccc(-c2cn(C3CCCC(O)C3)c3ncnc(N)c23)cc1. The van der Waals surface area contributed by atoms with Crippen molar-refractivity contribution in [3.05, 3.63) is 71.9 Å². The van der Waals surface area contributed by atoms with Crippen LogP contribution >= 0.6 is 0 Å². The van der Waals surface area contributed by atoms with Gasteiger partial charge in [-0.25, -0.2) is 14.4 Å². The Kier molecular flexibility index (Phi) is 6.56. The molecule has 0 bridgehead atoms. The Balaban J connectivity index is 1.38. The molecule has 1 saturated carbocycles. The number of methoxy groups -OCH3 is 1. The maximum Gasteiger partial charge on any atom is 0.255 e. The lowest BCUT2D eigenvalue weighted by Crippen LogP contribution is -2.23. The van der Waals surface area contributed by atoms with Crippen LogP contribution in [0.3, 0.4) is 0 Å². The number of nitrogen functional groups attached to an aromatic ring is 1. The number of nitrogens with one attached hydrogen (secondary N) is 1. The van der Waals surface area contributed by atoms with Gasteiger partial charge in [-0.2, -0.15) is 0 Å². The Morgan fingerprint density at radius 1 is 1.22 bits per heavy atom. The molecule has 1 amide bonds. The average Bonchev–Trinajstić information content (AvgIpc) is 3.28. The number of rotatable bonds is 6. The van der Waals surface area contributed by atoms with Crippen LogP contribution in [0.25, 0.3) is 22.2 Å². The molecular formula is C27H28FN5O3. The quantitative estimate of drug-likeness (QED) is 0.373. The third-order valence-corrected chi connectivity index (χ3v) is 6.78. The summed E-state index contributed by atoms with van der Waals surface area (Å²) in [6.07, 6.45) is 6.64. The molecule has 5 rings (SSSR count). The van der Waals surface area contributed by atoms with E-state index in [0.717, 1.165) is 53.1 Å². The molecule has 1 fully saturated rings. The first kappa shape index (κ1) is 23.7. The molecule has 0 radical (unpaired) electrons. The average molecular weight is 490 g/mol. The maximum atomic E-state index is 13.6. The zero-order valence-electron chi connectivity index (χ0n) is 19.9. The summed E-state index contributed by atoms with van der Waals surface area (Å²) in [6.45, 7) is 0.270. The lowest BCUT2D eigenvalue weighted by molar-refractivity contribution is 0.0947. The van der Waals surface area contributed by atoms with Gasteiger partial charge in [-0.05, 0) is 55.0 Å². The summed E-state index contributed by atoms with van der Waals surface area (Å²) < 4.78 is 20.9. The van der Waals surface area contributed by atoms with E-state index in [2.05, 4.69) is 19.9 Å². The van der Waals surface area contributed by atoms with Gasteiger partial charge in [0.1, 0.15) is 29.4 Å². The number of amides is 1. The van der Waals surface area contributed by atoms with Crippen molar-refractivity contribution in [1.29, 1.82) is 0 Å². The van der Waals surface area contributed by atoms with Gasteiger partial charge in [0.25, 0.3) is 5.91 Å². The van der Waals surface area contributed by atoms with Gasteiger partial charge in [0, 0.05) is 24.3 Å². The second-order valence-electron chi connectivity index (χ2n) is 9.11. The predicted molar refractivity (Wildman–Crippen MR) is 135 cm³/mol. The Bertz CT molecular complexity index is 1400. The molecule has 2 atom stereocenters. The Labute approximate surface area is 207 Å². The summed E-state index contributed by atoms with van der Waals surface area (Å²) in [4.78, 5) is 21.3. The number of benzene rings is 2. The zero-order valence-corrected chi connectivity index (χ0v) is 19.9. The summed E-state index contributed by atoms with van der Waals surface area (Å²) in [7, 11) is 1.44. The van der Waals surface area contributed by atoms with Crippen molar-refractivity contribution in [3.63, 3.8) is 0 Å². The number of aliphatic hydroxyl groups is 1.